The van der Waals surface area contributed by atoms with Gasteiger partial charge in [-0.25, -0.2) is 4.79 Å². The van der Waals surface area contributed by atoms with Gasteiger partial charge in [-0.2, -0.15) is 0 Å². The van der Waals surface area contributed by atoms with E-state index in [1.807, 2.05) is 0 Å². The summed E-state index contributed by atoms with van der Waals surface area (Å²) in [6, 6.07) is 2.97. The van der Waals surface area contributed by atoms with Gasteiger partial charge < -0.3 is 9.67 Å². The van der Waals surface area contributed by atoms with E-state index < -0.39 is 11.5 Å². The molecule has 4 nitrogen and oxygen atoms in total. The van der Waals surface area contributed by atoms with Gasteiger partial charge in [0.1, 0.15) is 5.56 Å². The standard InChI is InChI=1S/C9H11NO3/c1-3-10-6(2)4-5-7(8(10)11)9(12)13/h4-5H,3H2,1-2H3,(H,12,13). The van der Waals surface area contributed by atoms with Crippen molar-refractivity contribution in [2.75, 3.05) is 0 Å². The molecule has 0 amide bonds. The molecule has 13 heavy (non-hydrogen) atoms. The Morgan fingerprint density at radius 2 is 2.15 bits per heavy atom. The highest BCUT2D eigenvalue weighted by atomic mass is 16.4. The highest BCUT2D eigenvalue weighted by molar-refractivity contribution is 5.87. The van der Waals surface area contributed by atoms with Crippen molar-refractivity contribution in [2.24, 2.45) is 0 Å². The molecule has 70 valence electrons. The summed E-state index contributed by atoms with van der Waals surface area (Å²) in [6.07, 6.45) is 0. The second kappa shape index (κ2) is 3.43. The lowest BCUT2D eigenvalue weighted by Crippen LogP contribution is -2.27. The molecule has 1 rings (SSSR count). The summed E-state index contributed by atoms with van der Waals surface area (Å²) >= 11 is 0. The van der Waals surface area contributed by atoms with Gasteiger partial charge >= 0.3 is 5.97 Å². The maximum atomic E-state index is 11.4. The number of aromatic nitrogens is 1. The molecule has 0 spiro atoms. The summed E-state index contributed by atoms with van der Waals surface area (Å²) in [4.78, 5) is 22.0. The van der Waals surface area contributed by atoms with Gasteiger partial charge in [0, 0.05) is 12.2 Å². The van der Waals surface area contributed by atoms with Crippen molar-refractivity contribution >= 4 is 5.97 Å². The number of aryl methyl sites for hydroxylation is 1. The summed E-state index contributed by atoms with van der Waals surface area (Å²) in [5, 5.41) is 8.66. The van der Waals surface area contributed by atoms with Crippen molar-refractivity contribution in [1.29, 1.82) is 0 Å². The van der Waals surface area contributed by atoms with Crippen LogP contribution in [-0.2, 0) is 6.54 Å². The Kier molecular flexibility index (Phi) is 2.51. The van der Waals surface area contributed by atoms with Crippen molar-refractivity contribution in [3.8, 4) is 0 Å². The second-order valence-electron chi connectivity index (χ2n) is 2.74. The Morgan fingerprint density at radius 3 is 2.62 bits per heavy atom. The first-order valence-electron chi connectivity index (χ1n) is 4.01. The van der Waals surface area contributed by atoms with Gasteiger partial charge in [-0.1, -0.05) is 0 Å². The molecular formula is C9H11NO3. The molecule has 0 aliphatic carbocycles. The minimum atomic E-state index is -1.17. The van der Waals surface area contributed by atoms with Crippen molar-refractivity contribution in [3.05, 3.63) is 33.7 Å². The van der Waals surface area contributed by atoms with Gasteiger partial charge in [0.05, 0.1) is 0 Å². The molecule has 0 fully saturated rings. The van der Waals surface area contributed by atoms with E-state index in [1.165, 1.54) is 10.6 Å². The monoisotopic (exact) mass is 181 g/mol. The number of carboxylic acid groups (broad SMARTS) is 1. The van der Waals surface area contributed by atoms with Gasteiger partial charge in [0.25, 0.3) is 5.56 Å². The smallest absolute Gasteiger partial charge is 0.341 e. The van der Waals surface area contributed by atoms with E-state index in [0.29, 0.717) is 6.54 Å². The Morgan fingerprint density at radius 1 is 1.54 bits per heavy atom. The first-order chi connectivity index (χ1) is 6.07. The van der Waals surface area contributed by atoms with E-state index in [9.17, 15) is 9.59 Å². The van der Waals surface area contributed by atoms with Gasteiger partial charge in [0.15, 0.2) is 0 Å². The molecule has 0 atom stereocenters. The van der Waals surface area contributed by atoms with Crippen LogP contribution in [0.15, 0.2) is 16.9 Å². The van der Waals surface area contributed by atoms with E-state index >= 15 is 0 Å². The lowest BCUT2D eigenvalue weighted by Gasteiger charge is -2.06. The van der Waals surface area contributed by atoms with Crippen molar-refractivity contribution in [2.45, 2.75) is 20.4 Å². The van der Waals surface area contributed by atoms with Crippen molar-refractivity contribution < 1.29 is 9.90 Å². The number of aromatic carboxylic acids is 1. The topological polar surface area (TPSA) is 59.3 Å². The van der Waals surface area contributed by atoms with Crippen LogP contribution in [-0.4, -0.2) is 15.6 Å². The van der Waals surface area contributed by atoms with Gasteiger partial charge in [-0.05, 0) is 26.0 Å². The normalized spacial score (nSPS) is 10.0. The van der Waals surface area contributed by atoms with Crippen molar-refractivity contribution in [3.63, 3.8) is 0 Å². The molecule has 0 unspecified atom stereocenters. The minimum absolute atomic E-state index is 0.174. The molecule has 0 saturated carbocycles. The van der Waals surface area contributed by atoms with E-state index in [1.54, 1.807) is 19.9 Å². The van der Waals surface area contributed by atoms with Crippen LogP contribution in [0.4, 0.5) is 0 Å². The van der Waals surface area contributed by atoms with Crippen molar-refractivity contribution in [1.82, 2.24) is 4.57 Å². The van der Waals surface area contributed by atoms with E-state index in [4.69, 9.17) is 5.11 Å². The Hall–Kier alpha value is -1.58. The summed E-state index contributed by atoms with van der Waals surface area (Å²) in [7, 11) is 0. The SMILES string of the molecule is CCn1c(C)ccc(C(=O)O)c1=O. The van der Waals surface area contributed by atoms with Crippen LogP contribution < -0.4 is 5.56 Å². The number of rotatable bonds is 2. The molecular weight excluding hydrogens is 170 g/mol. The largest absolute Gasteiger partial charge is 0.477 e. The quantitative estimate of drug-likeness (QED) is 0.736. The van der Waals surface area contributed by atoms with Crippen LogP contribution in [0.3, 0.4) is 0 Å². The molecule has 1 aromatic rings. The predicted octanol–water partition coefficient (Wildman–Crippen LogP) is 0.875. The molecule has 1 aromatic heterocycles. The average Bonchev–Trinajstić information content (AvgIpc) is 2.04. The highest BCUT2D eigenvalue weighted by Crippen LogP contribution is 1.98. The predicted molar refractivity (Wildman–Crippen MR) is 48.1 cm³/mol. The summed E-state index contributed by atoms with van der Waals surface area (Å²) < 4.78 is 1.43. The fourth-order valence-electron chi connectivity index (χ4n) is 1.23. The molecule has 1 N–H and O–H groups in total. The van der Waals surface area contributed by atoms with Crippen LogP contribution in [0.1, 0.15) is 23.0 Å². The highest BCUT2D eigenvalue weighted by Gasteiger charge is 2.10. The molecule has 0 saturated heterocycles. The Bertz CT molecular complexity index is 392. The average molecular weight is 181 g/mol. The molecule has 4 heteroatoms. The third kappa shape index (κ3) is 1.61. The zero-order valence-electron chi connectivity index (χ0n) is 7.57. The van der Waals surface area contributed by atoms with Crippen LogP contribution in [0, 0.1) is 6.92 Å². The maximum absolute atomic E-state index is 11.4. The zero-order valence-corrected chi connectivity index (χ0v) is 7.57. The summed E-state index contributed by atoms with van der Waals surface area (Å²) in [5.74, 6) is -1.17. The second-order valence-corrected chi connectivity index (χ2v) is 2.74. The molecule has 0 aliphatic heterocycles. The first kappa shape index (κ1) is 9.51. The summed E-state index contributed by atoms with van der Waals surface area (Å²) in [5.41, 5.74) is 0.167. The Balaban J connectivity index is 3.45. The molecule has 0 radical (unpaired) electrons. The molecule has 0 bridgehead atoms. The number of hydrogen-bond donors (Lipinski definition) is 1. The van der Waals surface area contributed by atoms with Crippen LogP contribution >= 0.6 is 0 Å². The van der Waals surface area contributed by atoms with Crippen LogP contribution in [0.2, 0.25) is 0 Å². The number of nitrogens with zero attached hydrogens (tertiary/aromatic N) is 1. The molecule has 1 heterocycles. The molecule has 0 aromatic carbocycles. The zero-order chi connectivity index (χ0) is 10.0. The van der Waals surface area contributed by atoms with Gasteiger partial charge in [-0.15, -0.1) is 0 Å². The molecule has 0 aliphatic rings. The third-order valence-corrected chi connectivity index (χ3v) is 1.94. The van der Waals surface area contributed by atoms with E-state index in [0.717, 1.165) is 5.69 Å². The number of carboxylic acids is 1. The van der Waals surface area contributed by atoms with E-state index in [2.05, 4.69) is 0 Å². The summed E-state index contributed by atoms with van der Waals surface area (Å²) in [6.45, 7) is 4.07. The lowest BCUT2D eigenvalue weighted by atomic mass is 10.2. The first-order valence-corrected chi connectivity index (χ1v) is 4.01. The number of pyridine rings is 1. The van der Waals surface area contributed by atoms with Crippen LogP contribution in [0.25, 0.3) is 0 Å². The fourth-order valence-corrected chi connectivity index (χ4v) is 1.23. The lowest BCUT2D eigenvalue weighted by molar-refractivity contribution is 0.0694. The number of carbonyl (C=O) groups is 1. The third-order valence-electron chi connectivity index (χ3n) is 1.94. The van der Waals surface area contributed by atoms with Gasteiger partial charge in [0.2, 0.25) is 0 Å². The van der Waals surface area contributed by atoms with Crippen LogP contribution in [0.5, 0.6) is 0 Å². The Labute approximate surface area is 75.4 Å². The maximum Gasteiger partial charge on any atom is 0.341 e. The van der Waals surface area contributed by atoms with E-state index in [-0.39, 0.29) is 5.56 Å². The minimum Gasteiger partial charge on any atom is -0.477 e. The number of hydrogen-bond acceptors (Lipinski definition) is 2. The fraction of sp³-hybridized carbons (Fsp3) is 0.333. The van der Waals surface area contributed by atoms with Gasteiger partial charge in [-0.3, -0.25) is 4.79 Å².